The van der Waals surface area contributed by atoms with Crippen LogP contribution in [0.1, 0.15) is 12.8 Å². The highest BCUT2D eigenvalue weighted by Crippen LogP contribution is 2.65. The van der Waals surface area contributed by atoms with Gasteiger partial charge in [-0.2, -0.15) is 0 Å². The van der Waals surface area contributed by atoms with E-state index in [-0.39, 0.29) is 11.7 Å². The summed E-state index contributed by atoms with van der Waals surface area (Å²) in [6.07, 6.45) is 4.39. The normalized spacial score (nSPS) is 43.1. The molecule has 1 spiro atoms. The molecule has 4 atom stereocenters. The van der Waals surface area contributed by atoms with Gasteiger partial charge in [0, 0.05) is 18.3 Å². The van der Waals surface area contributed by atoms with Gasteiger partial charge < -0.3 is 9.47 Å². The first kappa shape index (κ1) is 12.3. The van der Waals surface area contributed by atoms with Crippen molar-refractivity contribution in [1.82, 2.24) is 0 Å². The van der Waals surface area contributed by atoms with E-state index in [4.69, 9.17) is 9.47 Å². The summed E-state index contributed by atoms with van der Waals surface area (Å²) in [6.45, 7) is 8.26. The van der Waals surface area contributed by atoms with Crippen molar-refractivity contribution < 1.29 is 14.3 Å². The van der Waals surface area contributed by atoms with E-state index in [1.807, 2.05) is 0 Å². The lowest BCUT2D eigenvalue weighted by Gasteiger charge is -2.48. The maximum atomic E-state index is 12.6. The molecule has 0 aromatic carbocycles. The lowest BCUT2D eigenvalue weighted by atomic mass is 9.58. The van der Waals surface area contributed by atoms with Crippen LogP contribution in [0.3, 0.4) is 0 Å². The van der Waals surface area contributed by atoms with Crippen molar-refractivity contribution in [3.63, 3.8) is 0 Å². The van der Waals surface area contributed by atoms with Crippen molar-refractivity contribution in [2.24, 2.45) is 23.7 Å². The van der Waals surface area contributed by atoms with Gasteiger partial charge >= 0.3 is 0 Å². The van der Waals surface area contributed by atoms with Crippen LogP contribution in [0.5, 0.6) is 0 Å². The van der Waals surface area contributed by atoms with Crippen molar-refractivity contribution in [1.29, 1.82) is 0 Å². The number of fused-ring (bicyclic) bond motifs is 5. The third kappa shape index (κ3) is 1.43. The number of ketones is 1. The Kier molecular flexibility index (Phi) is 2.33. The van der Waals surface area contributed by atoms with Crippen molar-refractivity contribution in [3.8, 4) is 0 Å². The van der Waals surface area contributed by atoms with Crippen molar-refractivity contribution in [3.05, 3.63) is 11.3 Å². The fraction of sp³-hybridized carbons (Fsp3) is 0.800. The Morgan fingerprint density at radius 2 is 1.95 bits per heavy atom. The lowest BCUT2D eigenvalue weighted by Crippen LogP contribution is -2.53. The van der Waals surface area contributed by atoms with E-state index in [0.29, 0.717) is 23.5 Å². The van der Waals surface area contributed by atoms with Gasteiger partial charge in [-0.25, -0.2) is 0 Å². The minimum absolute atomic E-state index is 0.263. The van der Waals surface area contributed by atoms with Gasteiger partial charge in [-0.05, 0) is 23.5 Å². The molecule has 0 radical (unpaired) electrons. The second-order valence-electron chi connectivity index (χ2n) is 7.53. The molecule has 0 amide bonds. The quantitative estimate of drug-likeness (QED) is 0.691. The molecule has 3 aliphatic carbocycles. The molecular weight excluding hydrogens is 256 g/mol. The minimum atomic E-state index is -1.50. The molecule has 0 bridgehead atoms. The highest BCUT2D eigenvalue weighted by atomic mass is 28.3. The van der Waals surface area contributed by atoms with Crippen LogP contribution in [0.2, 0.25) is 19.6 Å². The van der Waals surface area contributed by atoms with Crippen LogP contribution in [0.25, 0.3) is 0 Å². The number of hydrogen-bond acceptors (Lipinski definition) is 3. The second-order valence-corrected chi connectivity index (χ2v) is 12.6. The van der Waals surface area contributed by atoms with E-state index in [1.165, 1.54) is 5.20 Å². The molecule has 0 aromatic heterocycles. The highest BCUT2D eigenvalue weighted by molar-refractivity contribution is 6.87. The van der Waals surface area contributed by atoms with E-state index >= 15 is 0 Å². The first-order valence-corrected chi connectivity index (χ1v) is 11.0. The summed E-state index contributed by atoms with van der Waals surface area (Å²) < 4.78 is 11.9. The highest BCUT2D eigenvalue weighted by Gasteiger charge is 2.69. The molecule has 4 aliphatic rings. The summed E-state index contributed by atoms with van der Waals surface area (Å²) in [4.78, 5) is 12.6. The van der Waals surface area contributed by atoms with Gasteiger partial charge in [0.25, 0.3) is 0 Å². The average Bonchev–Trinajstić information content (AvgIpc) is 2.91. The van der Waals surface area contributed by atoms with E-state index in [0.717, 1.165) is 26.1 Å². The molecule has 3 nitrogen and oxygen atoms in total. The molecule has 4 heteroatoms. The van der Waals surface area contributed by atoms with E-state index in [1.54, 1.807) is 0 Å². The number of carbonyl (C=O) groups is 1. The van der Waals surface area contributed by atoms with Gasteiger partial charge in [0.2, 0.25) is 0 Å². The zero-order valence-electron chi connectivity index (χ0n) is 11.9. The van der Waals surface area contributed by atoms with Gasteiger partial charge in [0.05, 0.1) is 21.3 Å². The summed E-state index contributed by atoms with van der Waals surface area (Å²) in [6, 6.07) is 0. The molecule has 0 unspecified atom stereocenters. The molecule has 19 heavy (non-hydrogen) atoms. The molecular formula is C15H22O3Si. The second kappa shape index (κ2) is 3.60. The Morgan fingerprint density at radius 3 is 2.58 bits per heavy atom. The molecule has 2 saturated carbocycles. The molecule has 1 heterocycles. The predicted molar refractivity (Wildman–Crippen MR) is 74.3 cm³/mol. The number of ether oxygens (including phenoxy) is 2. The van der Waals surface area contributed by atoms with Gasteiger partial charge in [0.1, 0.15) is 0 Å². The van der Waals surface area contributed by atoms with Crippen LogP contribution in [-0.2, 0) is 14.3 Å². The minimum Gasteiger partial charge on any atom is -0.347 e. The number of hydrogen-bond donors (Lipinski definition) is 0. The maximum absolute atomic E-state index is 12.6. The first-order chi connectivity index (χ1) is 8.94. The Labute approximate surface area is 115 Å². The van der Waals surface area contributed by atoms with Gasteiger partial charge in [-0.1, -0.05) is 25.7 Å². The van der Waals surface area contributed by atoms with Crippen molar-refractivity contribution >= 4 is 13.9 Å². The Hall–Kier alpha value is -0.453. The standard InChI is InChI=1S/C15H22O3Si/c1-19(2,3)11-8-10-12(14(11)16)9-4-5-15(13(9)10)17-6-7-18-15/h8-10,12-13H,4-7H2,1-3H3/t9-,10-,12-,13-/m1/s1. The third-order valence-electron chi connectivity index (χ3n) is 5.60. The predicted octanol–water partition coefficient (Wildman–Crippen LogP) is 2.39. The smallest absolute Gasteiger partial charge is 0.172 e. The zero-order valence-corrected chi connectivity index (χ0v) is 12.9. The topological polar surface area (TPSA) is 35.5 Å². The number of allylic oxidation sites excluding steroid dienone is 2. The third-order valence-corrected chi connectivity index (χ3v) is 7.63. The molecule has 1 aliphatic heterocycles. The summed E-state index contributed by atoms with van der Waals surface area (Å²) >= 11 is 0. The fourth-order valence-corrected chi connectivity index (χ4v) is 6.44. The van der Waals surface area contributed by atoms with Crippen molar-refractivity contribution in [2.45, 2.75) is 38.3 Å². The van der Waals surface area contributed by atoms with Gasteiger partial charge in [-0.3, -0.25) is 4.79 Å². The number of rotatable bonds is 1. The van der Waals surface area contributed by atoms with Crippen LogP contribution in [0.15, 0.2) is 11.3 Å². The van der Waals surface area contributed by atoms with Crippen LogP contribution >= 0.6 is 0 Å². The zero-order chi connectivity index (χ0) is 13.4. The number of carbonyl (C=O) groups excluding carboxylic acids is 1. The van der Waals surface area contributed by atoms with Crippen LogP contribution in [0, 0.1) is 23.7 Å². The largest absolute Gasteiger partial charge is 0.347 e. The van der Waals surface area contributed by atoms with Crippen LogP contribution < -0.4 is 0 Å². The van der Waals surface area contributed by atoms with E-state index in [2.05, 4.69) is 25.7 Å². The van der Waals surface area contributed by atoms with Crippen molar-refractivity contribution in [2.75, 3.05) is 13.2 Å². The van der Waals surface area contributed by atoms with Gasteiger partial charge in [-0.15, -0.1) is 0 Å². The van der Waals surface area contributed by atoms with Gasteiger partial charge in [0.15, 0.2) is 11.6 Å². The van der Waals surface area contributed by atoms with Crippen LogP contribution in [0.4, 0.5) is 0 Å². The Bertz CT molecular complexity index is 470. The molecule has 3 fully saturated rings. The summed E-state index contributed by atoms with van der Waals surface area (Å²) in [7, 11) is -1.50. The lowest BCUT2D eigenvalue weighted by molar-refractivity contribution is -0.221. The van der Waals surface area contributed by atoms with Crippen LogP contribution in [-0.4, -0.2) is 32.9 Å². The molecule has 0 N–H and O–H groups in total. The SMILES string of the molecule is C[Si](C)(C)C1=C[C@@H]2[C@H](C1=O)[C@H]1CCC3(OCCO3)[C@@H]21. The van der Waals surface area contributed by atoms with E-state index in [9.17, 15) is 4.79 Å². The fourth-order valence-electron chi connectivity index (χ4n) is 4.84. The Morgan fingerprint density at radius 1 is 1.26 bits per heavy atom. The monoisotopic (exact) mass is 278 g/mol. The summed E-state index contributed by atoms with van der Waals surface area (Å²) in [5.41, 5.74) is 0. The molecule has 104 valence electrons. The number of Topliss-reactive ketones (excluding diaryl/α,β-unsaturated/α-hetero) is 1. The summed E-state index contributed by atoms with van der Waals surface area (Å²) in [5, 5.41) is 1.17. The molecule has 1 saturated heterocycles. The summed E-state index contributed by atoms with van der Waals surface area (Å²) in [5.74, 6) is 1.75. The molecule has 0 aromatic rings. The molecule has 4 rings (SSSR count). The van der Waals surface area contributed by atoms with E-state index < -0.39 is 8.07 Å². The first-order valence-electron chi connectivity index (χ1n) is 7.48. The Balaban J connectivity index is 1.68. The maximum Gasteiger partial charge on any atom is 0.172 e. The average molecular weight is 278 g/mol.